The number of rotatable bonds is 2. The Morgan fingerprint density at radius 2 is 2.07 bits per heavy atom. The maximum absolute atomic E-state index is 5.60. The highest BCUT2D eigenvalue weighted by molar-refractivity contribution is 7.98. The Balaban J connectivity index is 2.44. The molecule has 0 aliphatic rings. The summed E-state index contributed by atoms with van der Waals surface area (Å²) >= 11 is 1.36. The Bertz CT molecular complexity index is 443. The van der Waals surface area contributed by atoms with Gasteiger partial charge in [0.1, 0.15) is 0 Å². The molecule has 0 amide bonds. The molecule has 2 aromatic heterocycles. The highest BCUT2D eigenvalue weighted by Crippen LogP contribution is 2.22. The highest BCUT2D eigenvalue weighted by atomic mass is 32.2. The summed E-state index contributed by atoms with van der Waals surface area (Å²) in [4.78, 5) is 7.87. The maximum atomic E-state index is 5.60. The Morgan fingerprint density at radius 1 is 1.29 bits per heavy atom. The van der Waals surface area contributed by atoms with E-state index in [1.54, 1.807) is 0 Å². The lowest BCUT2D eigenvalue weighted by Crippen LogP contribution is -1.95. The van der Waals surface area contributed by atoms with Gasteiger partial charge in [-0.2, -0.15) is 0 Å². The average molecular weight is 209 g/mol. The predicted octanol–water partition coefficient (Wildman–Crippen LogP) is 0.831. The zero-order valence-electron chi connectivity index (χ0n) is 7.34. The molecular weight excluding hydrogens is 202 g/mol. The van der Waals surface area contributed by atoms with Gasteiger partial charge in [0.05, 0.1) is 0 Å². The molecule has 0 bridgehead atoms. The zero-order valence-corrected chi connectivity index (χ0v) is 8.15. The van der Waals surface area contributed by atoms with E-state index in [9.17, 15) is 0 Å². The van der Waals surface area contributed by atoms with Gasteiger partial charge in [-0.05, 0) is 6.26 Å². The van der Waals surface area contributed by atoms with E-state index in [0.717, 1.165) is 0 Å². The third-order valence-corrected chi connectivity index (χ3v) is 2.02. The lowest BCUT2D eigenvalue weighted by atomic mass is 10.4. The van der Waals surface area contributed by atoms with Crippen molar-refractivity contribution in [1.29, 1.82) is 0 Å². The fourth-order valence-corrected chi connectivity index (χ4v) is 1.19. The van der Waals surface area contributed by atoms with Crippen molar-refractivity contribution in [2.45, 2.75) is 5.22 Å². The summed E-state index contributed by atoms with van der Waals surface area (Å²) in [5.41, 5.74) is 6.01. The van der Waals surface area contributed by atoms with Gasteiger partial charge in [-0.15, -0.1) is 10.2 Å². The van der Waals surface area contributed by atoms with E-state index in [-0.39, 0.29) is 5.82 Å². The largest absolute Gasteiger partial charge is 0.409 e. The first-order valence-corrected chi connectivity index (χ1v) is 4.98. The second-order valence-corrected chi connectivity index (χ2v) is 3.12. The van der Waals surface area contributed by atoms with Crippen LogP contribution < -0.4 is 5.73 Å². The zero-order chi connectivity index (χ0) is 9.97. The summed E-state index contributed by atoms with van der Waals surface area (Å²) < 4.78 is 5.26. The van der Waals surface area contributed by atoms with Crippen molar-refractivity contribution in [3.8, 4) is 11.6 Å². The molecule has 0 spiro atoms. The summed E-state index contributed by atoms with van der Waals surface area (Å²) in [6.07, 6.45) is 4.87. The van der Waals surface area contributed by atoms with Crippen molar-refractivity contribution in [1.82, 2.24) is 20.2 Å². The van der Waals surface area contributed by atoms with Crippen LogP contribution in [0.4, 0.5) is 5.82 Å². The molecule has 0 aromatic carbocycles. The van der Waals surface area contributed by atoms with Crippen LogP contribution in [0.3, 0.4) is 0 Å². The SMILES string of the molecule is CSc1nnc(-c2nccnc2N)o1. The van der Waals surface area contributed by atoms with E-state index in [1.807, 2.05) is 6.26 Å². The van der Waals surface area contributed by atoms with E-state index < -0.39 is 0 Å². The van der Waals surface area contributed by atoms with Gasteiger partial charge in [0.15, 0.2) is 11.5 Å². The van der Waals surface area contributed by atoms with Gasteiger partial charge in [-0.3, -0.25) is 0 Å². The van der Waals surface area contributed by atoms with Crippen LogP contribution in [-0.2, 0) is 0 Å². The minimum absolute atomic E-state index is 0.281. The van der Waals surface area contributed by atoms with Gasteiger partial charge in [0.25, 0.3) is 11.1 Å². The topological polar surface area (TPSA) is 90.7 Å². The summed E-state index contributed by atoms with van der Waals surface area (Å²) in [5.74, 6) is 0.573. The molecule has 0 atom stereocenters. The molecule has 0 radical (unpaired) electrons. The summed E-state index contributed by atoms with van der Waals surface area (Å²) in [6, 6.07) is 0. The predicted molar refractivity (Wildman–Crippen MR) is 51.5 cm³/mol. The fourth-order valence-electron chi connectivity index (χ4n) is 0.902. The number of hydrogen-bond donors (Lipinski definition) is 1. The van der Waals surface area contributed by atoms with Crippen LogP contribution in [-0.4, -0.2) is 26.4 Å². The van der Waals surface area contributed by atoms with E-state index >= 15 is 0 Å². The summed E-state index contributed by atoms with van der Waals surface area (Å²) in [7, 11) is 0. The van der Waals surface area contributed by atoms with E-state index in [2.05, 4.69) is 20.2 Å². The molecule has 0 saturated carbocycles. The van der Waals surface area contributed by atoms with Crippen molar-refractivity contribution in [3.63, 3.8) is 0 Å². The molecule has 0 fully saturated rings. The van der Waals surface area contributed by atoms with Crippen molar-refractivity contribution >= 4 is 17.6 Å². The van der Waals surface area contributed by atoms with Crippen LogP contribution in [0, 0.1) is 0 Å². The van der Waals surface area contributed by atoms with Crippen LogP contribution >= 0.6 is 11.8 Å². The molecule has 2 rings (SSSR count). The van der Waals surface area contributed by atoms with Gasteiger partial charge < -0.3 is 10.2 Å². The average Bonchev–Trinajstić information content (AvgIpc) is 2.67. The Kier molecular flexibility index (Phi) is 2.32. The fraction of sp³-hybridized carbons (Fsp3) is 0.143. The number of nitrogen functional groups attached to an aromatic ring is 1. The van der Waals surface area contributed by atoms with Crippen LogP contribution in [0.2, 0.25) is 0 Å². The Morgan fingerprint density at radius 3 is 2.71 bits per heavy atom. The van der Waals surface area contributed by atoms with Gasteiger partial charge in [0, 0.05) is 12.4 Å². The molecule has 2 N–H and O–H groups in total. The summed E-state index contributed by atoms with van der Waals surface area (Å²) in [6.45, 7) is 0. The Hall–Kier alpha value is -1.63. The van der Waals surface area contributed by atoms with Crippen molar-refractivity contribution in [2.24, 2.45) is 0 Å². The van der Waals surface area contributed by atoms with Crippen molar-refractivity contribution < 1.29 is 4.42 Å². The van der Waals surface area contributed by atoms with Gasteiger partial charge >= 0.3 is 0 Å². The van der Waals surface area contributed by atoms with E-state index in [1.165, 1.54) is 24.2 Å². The summed E-state index contributed by atoms with van der Waals surface area (Å²) in [5, 5.41) is 8.05. The molecule has 0 aliphatic carbocycles. The first-order chi connectivity index (χ1) is 6.81. The van der Waals surface area contributed by atoms with Gasteiger partial charge in [-0.25, -0.2) is 9.97 Å². The molecule has 72 valence electrons. The number of nitrogens with zero attached hydrogens (tertiary/aromatic N) is 4. The molecule has 2 aromatic rings. The van der Waals surface area contributed by atoms with Crippen molar-refractivity contribution in [3.05, 3.63) is 12.4 Å². The molecule has 2 heterocycles. The standard InChI is InChI=1S/C7H7N5OS/c1-14-7-12-11-6(13-7)4-5(8)10-3-2-9-4/h2-3H,1H3,(H2,8,10). The number of hydrogen-bond acceptors (Lipinski definition) is 7. The molecule has 0 saturated heterocycles. The van der Waals surface area contributed by atoms with Crippen LogP contribution in [0.25, 0.3) is 11.6 Å². The van der Waals surface area contributed by atoms with Gasteiger partial charge in [0.2, 0.25) is 0 Å². The normalized spacial score (nSPS) is 10.4. The molecule has 0 aliphatic heterocycles. The number of aromatic nitrogens is 4. The molecular formula is C7H7N5OS. The van der Waals surface area contributed by atoms with Crippen LogP contribution in [0.15, 0.2) is 22.0 Å². The van der Waals surface area contributed by atoms with Gasteiger partial charge in [-0.1, -0.05) is 11.8 Å². The van der Waals surface area contributed by atoms with Crippen molar-refractivity contribution in [2.75, 3.05) is 12.0 Å². The minimum atomic E-state index is 0.281. The quantitative estimate of drug-likeness (QED) is 0.732. The third kappa shape index (κ3) is 1.53. The smallest absolute Gasteiger partial charge is 0.276 e. The van der Waals surface area contributed by atoms with E-state index in [0.29, 0.717) is 16.8 Å². The second-order valence-electron chi connectivity index (χ2n) is 2.37. The molecule has 14 heavy (non-hydrogen) atoms. The molecule has 0 unspecified atom stereocenters. The number of anilines is 1. The highest BCUT2D eigenvalue weighted by Gasteiger charge is 2.12. The minimum Gasteiger partial charge on any atom is -0.409 e. The lowest BCUT2D eigenvalue weighted by Gasteiger charge is -1.95. The second kappa shape index (κ2) is 3.62. The Labute approximate surface area is 84.0 Å². The van der Waals surface area contributed by atoms with E-state index in [4.69, 9.17) is 10.2 Å². The van der Waals surface area contributed by atoms with Crippen LogP contribution in [0.5, 0.6) is 0 Å². The maximum Gasteiger partial charge on any atom is 0.276 e. The first-order valence-electron chi connectivity index (χ1n) is 3.75. The number of nitrogens with two attached hydrogens (primary N) is 1. The monoisotopic (exact) mass is 209 g/mol. The van der Waals surface area contributed by atoms with Crippen LogP contribution in [0.1, 0.15) is 0 Å². The molecule has 6 nitrogen and oxygen atoms in total. The third-order valence-electron chi connectivity index (χ3n) is 1.51. The molecule has 7 heteroatoms. The first kappa shape index (κ1) is 8.95. The number of thioether (sulfide) groups is 1. The lowest BCUT2D eigenvalue weighted by molar-refractivity contribution is 0.465.